The summed E-state index contributed by atoms with van der Waals surface area (Å²) in [5.74, 6) is 0.128. The van der Waals surface area contributed by atoms with E-state index in [1.54, 1.807) is 6.07 Å². The first-order chi connectivity index (χ1) is 14.7. The number of benzene rings is 2. The van der Waals surface area contributed by atoms with Crippen molar-refractivity contribution in [1.82, 2.24) is 19.9 Å². The highest BCUT2D eigenvalue weighted by atomic mass is 16.3. The lowest BCUT2D eigenvalue weighted by atomic mass is 10.1. The summed E-state index contributed by atoms with van der Waals surface area (Å²) in [4.78, 5) is 14.6. The molecule has 0 radical (unpaired) electrons. The van der Waals surface area contributed by atoms with E-state index in [0.717, 1.165) is 46.6 Å². The molecule has 2 heterocycles. The minimum absolute atomic E-state index is 0.128. The number of aromatic hydroxyl groups is 1. The van der Waals surface area contributed by atoms with Crippen LogP contribution in [-0.4, -0.2) is 26.1 Å². The van der Waals surface area contributed by atoms with Gasteiger partial charge in [0, 0.05) is 23.7 Å². The number of aromatic nitrogens is 3. The maximum absolute atomic E-state index is 10.2. The number of aryl methyl sites for hydroxylation is 2. The summed E-state index contributed by atoms with van der Waals surface area (Å²) in [6, 6.07) is 21.3. The molecule has 0 bridgehead atoms. The van der Waals surface area contributed by atoms with Crippen molar-refractivity contribution in [3.63, 3.8) is 0 Å². The smallest absolute Gasteiger partial charge is 0.216 e. The zero-order valence-corrected chi connectivity index (χ0v) is 17.2. The summed E-state index contributed by atoms with van der Waals surface area (Å²) in [7, 11) is 0. The average Bonchev–Trinajstić information content (AvgIpc) is 3.17. The molecule has 0 saturated carbocycles. The number of fused-ring (bicyclic) bond motifs is 1. The van der Waals surface area contributed by atoms with E-state index in [1.807, 2.05) is 60.7 Å². The lowest BCUT2D eigenvalue weighted by molar-refractivity contribution is -0.109. The number of carbonyl (C=O) groups excluding carboxylic acids is 1. The first kappa shape index (κ1) is 21.0. The molecule has 4 rings (SSSR count). The Morgan fingerprint density at radius 1 is 1.00 bits per heavy atom. The highest BCUT2D eigenvalue weighted by molar-refractivity contribution is 5.65. The summed E-state index contributed by atoms with van der Waals surface area (Å²) in [5.41, 5.74) is 5.75. The standard InChI is InChI=1S/C16H17N3O.C8H9NO/c1-3-12-13(4-2)18-19-15(20)10-14(17-16(12)19)11-8-6-5-7-9-11;10-7-9-6-8-4-2-1-3-5-8/h5-10,20H,3-4H2,1-2H3;1-5,7H,6H2,(H,9,10). The maximum atomic E-state index is 10.2. The van der Waals surface area contributed by atoms with Gasteiger partial charge in [-0.3, -0.25) is 4.79 Å². The minimum atomic E-state index is 0.128. The number of hydrogen-bond donors (Lipinski definition) is 2. The molecule has 6 heteroatoms. The Labute approximate surface area is 176 Å². The number of amides is 1. The molecule has 0 fully saturated rings. The molecule has 0 aliphatic heterocycles. The fourth-order valence-corrected chi connectivity index (χ4v) is 3.25. The van der Waals surface area contributed by atoms with Crippen LogP contribution in [0.15, 0.2) is 66.7 Å². The first-order valence-electron chi connectivity index (χ1n) is 10.0. The van der Waals surface area contributed by atoms with Crippen LogP contribution in [0, 0.1) is 0 Å². The van der Waals surface area contributed by atoms with Crippen LogP contribution < -0.4 is 5.32 Å². The molecule has 0 spiro atoms. The summed E-state index contributed by atoms with van der Waals surface area (Å²) >= 11 is 0. The molecule has 30 heavy (non-hydrogen) atoms. The number of hydrogen-bond acceptors (Lipinski definition) is 4. The Morgan fingerprint density at radius 2 is 1.67 bits per heavy atom. The second kappa shape index (κ2) is 10.2. The third-order valence-electron chi connectivity index (χ3n) is 4.74. The van der Waals surface area contributed by atoms with Crippen molar-refractivity contribution in [2.75, 3.05) is 0 Å². The van der Waals surface area contributed by atoms with Crippen molar-refractivity contribution < 1.29 is 9.90 Å². The lowest BCUT2D eigenvalue weighted by Gasteiger charge is -2.04. The molecule has 0 atom stereocenters. The highest BCUT2D eigenvalue weighted by Crippen LogP contribution is 2.26. The quantitative estimate of drug-likeness (QED) is 0.475. The van der Waals surface area contributed by atoms with Crippen molar-refractivity contribution in [2.24, 2.45) is 0 Å². The number of nitrogens with one attached hydrogen (secondary N) is 1. The van der Waals surface area contributed by atoms with E-state index in [9.17, 15) is 9.90 Å². The Morgan fingerprint density at radius 3 is 2.27 bits per heavy atom. The zero-order valence-electron chi connectivity index (χ0n) is 17.2. The maximum Gasteiger partial charge on any atom is 0.216 e. The van der Waals surface area contributed by atoms with Crippen LogP contribution >= 0.6 is 0 Å². The van der Waals surface area contributed by atoms with E-state index in [-0.39, 0.29) is 5.88 Å². The topological polar surface area (TPSA) is 79.5 Å². The fraction of sp³-hybridized carbons (Fsp3) is 0.208. The second-order valence-electron chi connectivity index (χ2n) is 6.72. The van der Waals surface area contributed by atoms with Crippen molar-refractivity contribution in [3.8, 4) is 17.1 Å². The van der Waals surface area contributed by atoms with Gasteiger partial charge >= 0.3 is 0 Å². The van der Waals surface area contributed by atoms with Gasteiger partial charge in [0.05, 0.1) is 11.4 Å². The van der Waals surface area contributed by atoms with Crippen LogP contribution in [0.3, 0.4) is 0 Å². The highest BCUT2D eigenvalue weighted by Gasteiger charge is 2.15. The van der Waals surface area contributed by atoms with Crippen LogP contribution in [0.1, 0.15) is 30.7 Å². The van der Waals surface area contributed by atoms with Gasteiger partial charge in [0.25, 0.3) is 0 Å². The number of carbonyl (C=O) groups is 1. The normalized spacial score (nSPS) is 10.3. The molecular formula is C24H26N4O2. The fourth-order valence-electron chi connectivity index (χ4n) is 3.25. The molecule has 154 valence electrons. The van der Waals surface area contributed by atoms with Crippen molar-refractivity contribution in [1.29, 1.82) is 0 Å². The van der Waals surface area contributed by atoms with Crippen molar-refractivity contribution in [2.45, 2.75) is 33.2 Å². The second-order valence-corrected chi connectivity index (χ2v) is 6.72. The molecule has 4 aromatic rings. The van der Waals surface area contributed by atoms with Crippen LogP contribution in [0.5, 0.6) is 5.88 Å². The third-order valence-corrected chi connectivity index (χ3v) is 4.74. The first-order valence-corrected chi connectivity index (χ1v) is 10.0. The molecule has 1 amide bonds. The van der Waals surface area contributed by atoms with Crippen molar-refractivity contribution >= 4 is 12.1 Å². The van der Waals surface area contributed by atoms with E-state index in [4.69, 9.17) is 0 Å². The monoisotopic (exact) mass is 402 g/mol. The molecule has 2 N–H and O–H groups in total. The minimum Gasteiger partial charge on any atom is -0.493 e. The summed E-state index contributed by atoms with van der Waals surface area (Å²) in [6.07, 6.45) is 2.40. The lowest BCUT2D eigenvalue weighted by Crippen LogP contribution is -2.09. The molecule has 0 saturated heterocycles. The van der Waals surface area contributed by atoms with E-state index < -0.39 is 0 Å². The zero-order chi connectivity index (χ0) is 21.3. The van der Waals surface area contributed by atoms with Gasteiger partial charge in [0.15, 0.2) is 5.65 Å². The average molecular weight is 402 g/mol. The molecule has 6 nitrogen and oxygen atoms in total. The predicted octanol–water partition coefficient (Wildman–Crippen LogP) is 4.16. The summed E-state index contributed by atoms with van der Waals surface area (Å²) in [5, 5.41) is 17.2. The summed E-state index contributed by atoms with van der Waals surface area (Å²) < 4.78 is 1.53. The van der Waals surface area contributed by atoms with Gasteiger partial charge < -0.3 is 10.4 Å². The predicted molar refractivity (Wildman–Crippen MR) is 118 cm³/mol. The van der Waals surface area contributed by atoms with Crippen molar-refractivity contribution in [3.05, 3.63) is 83.6 Å². The molecule has 0 aliphatic carbocycles. The molecular weight excluding hydrogens is 376 g/mol. The van der Waals surface area contributed by atoms with Crippen LogP contribution in [-0.2, 0) is 24.2 Å². The Hall–Kier alpha value is -3.67. The van der Waals surface area contributed by atoms with Crippen LogP contribution in [0.25, 0.3) is 16.9 Å². The van der Waals surface area contributed by atoms with Gasteiger partial charge in [-0.25, -0.2) is 4.98 Å². The summed E-state index contributed by atoms with van der Waals surface area (Å²) in [6.45, 7) is 4.77. The van der Waals surface area contributed by atoms with E-state index in [1.165, 1.54) is 4.52 Å². The number of rotatable bonds is 6. The van der Waals surface area contributed by atoms with Gasteiger partial charge in [-0.1, -0.05) is 74.5 Å². The number of nitrogens with zero attached hydrogens (tertiary/aromatic N) is 3. The molecule has 0 aliphatic rings. The van der Waals surface area contributed by atoms with E-state index >= 15 is 0 Å². The van der Waals surface area contributed by atoms with Gasteiger partial charge in [-0.2, -0.15) is 9.61 Å². The molecule has 2 aromatic carbocycles. The van der Waals surface area contributed by atoms with Crippen LogP contribution in [0.4, 0.5) is 0 Å². The van der Waals surface area contributed by atoms with Gasteiger partial charge in [-0.05, 0) is 18.4 Å². The van der Waals surface area contributed by atoms with Gasteiger partial charge in [0.1, 0.15) is 0 Å². The Balaban J connectivity index is 0.000000216. The SMILES string of the molecule is CCc1nn2c(O)cc(-c3ccccc3)nc2c1CC.O=CNCc1ccccc1. The van der Waals surface area contributed by atoms with Gasteiger partial charge in [0.2, 0.25) is 12.3 Å². The molecule has 2 aromatic heterocycles. The van der Waals surface area contributed by atoms with E-state index in [2.05, 4.69) is 29.2 Å². The van der Waals surface area contributed by atoms with E-state index in [0.29, 0.717) is 13.0 Å². The largest absolute Gasteiger partial charge is 0.493 e. The Kier molecular flexibility index (Phi) is 7.16. The third kappa shape index (κ3) is 4.84. The molecule has 0 unspecified atom stereocenters. The van der Waals surface area contributed by atoms with Gasteiger partial charge in [-0.15, -0.1) is 0 Å². The van der Waals surface area contributed by atoms with Crippen LogP contribution in [0.2, 0.25) is 0 Å². The Bertz CT molecular complexity index is 1090.